The van der Waals surface area contributed by atoms with Crippen molar-refractivity contribution in [1.29, 1.82) is 0 Å². The van der Waals surface area contributed by atoms with Crippen LogP contribution in [0.25, 0.3) is 0 Å². The molecule has 2 unspecified atom stereocenters. The zero-order valence-electron chi connectivity index (χ0n) is 11.6. The fourth-order valence-corrected chi connectivity index (χ4v) is 2.86. The molecule has 1 aromatic carbocycles. The fraction of sp³-hybridized carbons (Fsp3) is 0.600. The maximum atomic E-state index is 5.81. The van der Waals surface area contributed by atoms with Crippen molar-refractivity contribution in [3.8, 4) is 5.75 Å². The van der Waals surface area contributed by atoms with Gasteiger partial charge >= 0.3 is 0 Å². The molecule has 1 aromatic rings. The fourth-order valence-electron chi connectivity index (χ4n) is 2.86. The summed E-state index contributed by atoms with van der Waals surface area (Å²) in [5.41, 5.74) is 8.41. The van der Waals surface area contributed by atoms with Crippen molar-refractivity contribution in [3.63, 3.8) is 0 Å². The Labute approximate surface area is 110 Å². The second-order valence-corrected chi connectivity index (χ2v) is 5.27. The van der Waals surface area contributed by atoms with Crippen LogP contribution in [-0.2, 0) is 0 Å². The second-order valence-electron chi connectivity index (χ2n) is 5.27. The number of benzene rings is 1. The molecule has 2 atom stereocenters. The summed E-state index contributed by atoms with van der Waals surface area (Å²) >= 11 is 0. The van der Waals surface area contributed by atoms with E-state index in [4.69, 9.17) is 10.5 Å². The van der Waals surface area contributed by atoms with Gasteiger partial charge in [-0.15, -0.1) is 0 Å². The highest BCUT2D eigenvalue weighted by molar-refractivity contribution is 5.39. The van der Waals surface area contributed by atoms with Crippen molar-refractivity contribution >= 4 is 0 Å². The summed E-state index contributed by atoms with van der Waals surface area (Å²) < 4.78 is 5.76. The summed E-state index contributed by atoms with van der Waals surface area (Å²) in [4.78, 5) is 2.40. The van der Waals surface area contributed by atoms with Gasteiger partial charge in [-0.1, -0.05) is 17.7 Å². The molecule has 1 heterocycles. The highest BCUT2D eigenvalue weighted by Gasteiger charge is 2.31. The predicted octanol–water partition coefficient (Wildman–Crippen LogP) is 2.35. The molecule has 1 saturated heterocycles. The van der Waals surface area contributed by atoms with E-state index < -0.39 is 0 Å². The van der Waals surface area contributed by atoms with Crippen molar-refractivity contribution in [1.82, 2.24) is 4.90 Å². The maximum absolute atomic E-state index is 5.81. The van der Waals surface area contributed by atoms with Crippen LogP contribution in [-0.4, -0.2) is 31.6 Å². The zero-order chi connectivity index (χ0) is 13.1. The van der Waals surface area contributed by atoms with Gasteiger partial charge in [0.1, 0.15) is 5.75 Å². The Hall–Kier alpha value is -1.06. The Morgan fingerprint density at radius 1 is 1.44 bits per heavy atom. The normalized spacial score (nSPS) is 24.4. The van der Waals surface area contributed by atoms with E-state index in [0.29, 0.717) is 18.6 Å². The van der Waals surface area contributed by atoms with Crippen LogP contribution in [0, 0.1) is 12.8 Å². The van der Waals surface area contributed by atoms with Gasteiger partial charge in [-0.25, -0.2) is 0 Å². The van der Waals surface area contributed by atoms with Crippen LogP contribution in [0.1, 0.15) is 30.5 Å². The third kappa shape index (κ3) is 2.68. The first-order valence-electron chi connectivity index (χ1n) is 6.79. The number of hydrogen-bond donors (Lipinski definition) is 1. The Bertz CT molecular complexity index is 405. The molecule has 0 aliphatic carbocycles. The summed E-state index contributed by atoms with van der Waals surface area (Å²) in [6.07, 6.45) is 1.14. The number of aryl methyl sites for hydroxylation is 1. The lowest BCUT2D eigenvalue weighted by Crippen LogP contribution is -2.21. The molecule has 100 valence electrons. The molecule has 0 radical (unpaired) electrons. The van der Waals surface area contributed by atoms with Gasteiger partial charge in [-0.3, -0.25) is 4.90 Å². The van der Waals surface area contributed by atoms with E-state index in [2.05, 4.69) is 37.1 Å². The molecule has 3 heteroatoms. The van der Waals surface area contributed by atoms with Gasteiger partial charge in [-0.2, -0.15) is 0 Å². The number of ether oxygens (including phenoxy) is 1. The Morgan fingerprint density at radius 2 is 2.22 bits per heavy atom. The second kappa shape index (κ2) is 5.72. The Kier molecular flexibility index (Phi) is 4.25. The van der Waals surface area contributed by atoms with Gasteiger partial charge in [0.15, 0.2) is 0 Å². The summed E-state index contributed by atoms with van der Waals surface area (Å²) in [5, 5.41) is 0. The largest absolute Gasteiger partial charge is 0.494 e. The molecule has 0 spiro atoms. The molecule has 2 rings (SSSR count). The molecule has 0 aromatic heterocycles. The van der Waals surface area contributed by atoms with Gasteiger partial charge in [0.2, 0.25) is 0 Å². The smallest absolute Gasteiger partial charge is 0.124 e. The standard InChI is InChI=1S/C15H24N2O/c1-4-18-15-6-5-11(2)7-13(15)14-8-12(9-16)10-17(14)3/h5-7,12,14H,4,8-10,16H2,1-3H3. The first-order valence-corrected chi connectivity index (χ1v) is 6.79. The van der Waals surface area contributed by atoms with Crippen molar-refractivity contribution < 1.29 is 4.74 Å². The van der Waals surface area contributed by atoms with Crippen LogP contribution in [0.5, 0.6) is 5.75 Å². The first-order chi connectivity index (χ1) is 8.65. The molecule has 18 heavy (non-hydrogen) atoms. The van der Waals surface area contributed by atoms with E-state index >= 15 is 0 Å². The van der Waals surface area contributed by atoms with E-state index in [-0.39, 0.29) is 0 Å². The summed E-state index contributed by atoms with van der Waals surface area (Å²) in [7, 11) is 2.18. The molecular formula is C15H24N2O. The van der Waals surface area contributed by atoms with Gasteiger partial charge < -0.3 is 10.5 Å². The number of hydrogen-bond acceptors (Lipinski definition) is 3. The molecule has 0 bridgehead atoms. The van der Waals surface area contributed by atoms with E-state index in [0.717, 1.165) is 25.3 Å². The Balaban J connectivity index is 2.28. The summed E-state index contributed by atoms with van der Waals surface area (Å²) in [6, 6.07) is 6.91. The molecule has 1 aliphatic rings. The van der Waals surface area contributed by atoms with Crippen LogP contribution in [0.4, 0.5) is 0 Å². The third-order valence-electron chi connectivity index (χ3n) is 3.79. The highest BCUT2D eigenvalue weighted by Crippen LogP contribution is 2.38. The average Bonchev–Trinajstić information content (AvgIpc) is 2.73. The van der Waals surface area contributed by atoms with Gasteiger partial charge in [-0.05, 0) is 45.8 Å². The molecule has 3 nitrogen and oxygen atoms in total. The minimum atomic E-state index is 0.444. The zero-order valence-corrected chi connectivity index (χ0v) is 11.6. The number of nitrogens with two attached hydrogens (primary N) is 1. The minimum absolute atomic E-state index is 0.444. The molecule has 1 aliphatic heterocycles. The lowest BCUT2D eigenvalue weighted by Gasteiger charge is -2.22. The molecule has 1 fully saturated rings. The van der Waals surface area contributed by atoms with Crippen LogP contribution >= 0.6 is 0 Å². The van der Waals surface area contributed by atoms with Crippen LogP contribution in [0.2, 0.25) is 0 Å². The summed E-state index contributed by atoms with van der Waals surface area (Å²) in [6.45, 7) is 6.74. The molecule has 0 saturated carbocycles. The Morgan fingerprint density at radius 3 is 2.83 bits per heavy atom. The maximum Gasteiger partial charge on any atom is 0.124 e. The molecular weight excluding hydrogens is 224 g/mol. The van der Waals surface area contributed by atoms with E-state index in [1.807, 2.05) is 6.92 Å². The van der Waals surface area contributed by atoms with Crippen molar-refractivity contribution in [3.05, 3.63) is 29.3 Å². The minimum Gasteiger partial charge on any atom is -0.494 e. The van der Waals surface area contributed by atoms with Crippen LogP contribution in [0.15, 0.2) is 18.2 Å². The lowest BCUT2D eigenvalue weighted by molar-refractivity contribution is 0.290. The lowest BCUT2D eigenvalue weighted by atomic mass is 9.97. The SMILES string of the molecule is CCOc1ccc(C)cc1C1CC(CN)CN1C. The van der Waals surface area contributed by atoms with E-state index in [9.17, 15) is 0 Å². The monoisotopic (exact) mass is 248 g/mol. The van der Waals surface area contributed by atoms with Crippen LogP contribution < -0.4 is 10.5 Å². The number of rotatable bonds is 4. The predicted molar refractivity (Wildman–Crippen MR) is 74.9 cm³/mol. The van der Waals surface area contributed by atoms with E-state index in [1.54, 1.807) is 0 Å². The third-order valence-corrected chi connectivity index (χ3v) is 3.79. The molecule has 2 N–H and O–H groups in total. The molecule has 0 amide bonds. The van der Waals surface area contributed by atoms with Gasteiger partial charge in [0.25, 0.3) is 0 Å². The van der Waals surface area contributed by atoms with Crippen molar-refractivity contribution in [2.75, 3.05) is 26.7 Å². The number of nitrogens with zero attached hydrogens (tertiary/aromatic N) is 1. The van der Waals surface area contributed by atoms with E-state index in [1.165, 1.54) is 11.1 Å². The quantitative estimate of drug-likeness (QED) is 0.889. The number of likely N-dealkylation sites (tertiary alicyclic amines) is 1. The van der Waals surface area contributed by atoms with Crippen molar-refractivity contribution in [2.45, 2.75) is 26.3 Å². The van der Waals surface area contributed by atoms with Gasteiger partial charge in [0, 0.05) is 18.2 Å². The highest BCUT2D eigenvalue weighted by atomic mass is 16.5. The first kappa shape index (κ1) is 13.4. The topological polar surface area (TPSA) is 38.5 Å². The average molecular weight is 248 g/mol. The van der Waals surface area contributed by atoms with Crippen molar-refractivity contribution in [2.24, 2.45) is 11.7 Å². The summed E-state index contributed by atoms with van der Waals surface area (Å²) in [5.74, 6) is 1.63. The van der Waals surface area contributed by atoms with Crippen LogP contribution in [0.3, 0.4) is 0 Å². The van der Waals surface area contributed by atoms with Gasteiger partial charge in [0.05, 0.1) is 6.61 Å².